The van der Waals surface area contributed by atoms with E-state index in [4.69, 9.17) is 5.73 Å². The largest absolute Gasteiger partial charge is 0.370 e. The molecule has 2 aromatic rings. The van der Waals surface area contributed by atoms with Crippen LogP contribution < -0.4 is 16.4 Å². The van der Waals surface area contributed by atoms with Gasteiger partial charge in [0.1, 0.15) is 5.54 Å². The number of nitrogens with two attached hydrogens (primary N) is 1. The molecule has 2 aliphatic rings. The highest BCUT2D eigenvalue weighted by Gasteiger charge is 2.46. The fourth-order valence-corrected chi connectivity index (χ4v) is 3.60. The lowest BCUT2D eigenvalue weighted by Crippen LogP contribution is -2.52. The van der Waals surface area contributed by atoms with Gasteiger partial charge in [0.2, 0.25) is 0 Å². The van der Waals surface area contributed by atoms with Crippen LogP contribution >= 0.6 is 0 Å². The Morgan fingerprint density at radius 2 is 2.00 bits per heavy atom. The summed E-state index contributed by atoms with van der Waals surface area (Å²) >= 11 is 0. The molecule has 0 unspecified atom stereocenters. The molecule has 1 aromatic heterocycles. The quantitative estimate of drug-likeness (QED) is 0.733. The first kappa shape index (κ1) is 18.0. The van der Waals surface area contributed by atoms with E-state index >= 15 is 0 Å². The molecule has 3 heterocycles. The molecule has 9 heteroatoms. The summed E-state index contributed by atoms with van der Waals surface area (Å²) in [7, 11) is 0. The summed E-state index contributed by atoms with van der Waals surface area (Å²) < 4.78 is 1.78. The van der Waals surface area contributed by atoms with Gasteiger partial charge in [-0.1, -0.05) is 18.2 Å². The zero-order chi connectivity index (χ0) is 19.7. The number of nitrogens with one attached hydrogen (secondary N) is 2. The number of benzene rings is 1. The first-order valence-electron chi connectivity index (χ1n) is 9.29. The standard InChI is InChI=1S/C19H23N7O2/c1-13(14-11-21-26(12-14)15-5-3-2-4-6-15)22-18(28)25-9-7-19(8-10-25)16(27)23-17(20)24-19/h2-6,11-13H,7-10H2,1H3,(H,22,28)(H3,20,23,24,27)/t13-/m1/s1. The maximum atomic E-state index is 12.6. The summed E-state index contributed by atoms with van der Waals surface area (Å²) in [5.74, 6) is -0.0151. The predicted molar refractivity (Wildman–Crippen MR) is 104 cm³/mol. The van der Waals surface area contributed by atoms with E-state index in [1.165, 1.54) is 0 Å². The zero-order valence-corrected chi connectivity index (χ0v) is 15.6. The summed E-state index contributed by atoms with van der Waals surface area (Å²) in [6, 6.07) is 9.44. The second kappa shape index (κ2) is 6.99. The second-order valence-corrected chi connectivity index (χ2v) is 7.19. The van der Waals surface area contributed by atoms with Crippen molar-refractivity contribution in [2.75, 3.05) is 13.1 Å². The van der Waals surface area contributed by atoms with Gasteiger partial charge in [0.05, 0.1) is 17.9 Å². The summed E-state index contributed by atoms with van der Waals surface area (Å²) in [5.41, 5.74) is 6.68. The number of hydrogen-bond donors (Lipinski definition) is 3. The Morgan fingerprint density at radius 3 is 2.64 bits per heavy atom. The SMILES string of the molecule is C[C@@H](NC(=O)N1CCC2(CC1)N=C(N)NC2=O)c1cnn(-c2ccccc2)c1. The Hall–Kier alpha value is -3.36. The third-order valence-electron chi connectivity index (χ3n) is 5.34. The van der Waals surface area contributed by atoms with Crippen LogP contribution in [0, 0.1) is 0 Å². The van der Waals surface area contributed by atoms with Crippen LogP contribution in [0.1, 0.15) is 31.4 Å². The molecule has 4 rings (SSSR count). The van der Waals surface area contributed by atoms with Gasteiger partial charge in [0.25, 0.3) is 5.91 Å². The van der Waals surface area contributed by atoms with Gasteiger partial charge in [0, 0.05) is 24.8 Å². The minimum atomic E-state index is -0.816. The third kappa shape index (κ3) is 3.30. The van der Waals surface area contributed by atoms with Crippen LogP contribution in [-0.4, -0.2) is 51.2 Å². The molecule has 0 aliphatic carbocycles. The molecule has 1 spiro atoms. The molecule has 28 heavy (non-hydrogen) atoms. The third-order valence-corrected chi connectivity index (χ3v) is 5.34. The van der Waals surface area contributed by atoms with Gasteiger partial charge in [-0.25, -0.2) is 14.5 Å². The van der Waals surface area contributed by atoms with Crippen LogP contribution in [-0.2, 0) is 4.79 Å². The number of rotatable bonds is 3. The van der Waals surface area contributed by atoms with E-state index in [0.717, 1.165) is 11.3 Å². The number of hydrogen-bond acceptors (Lipinski definition) is 5. The van der Waals surface area contributed by atoms with E-state index in [0.29, 0.717) is 25.9 Å². The first-order valence-corrected chi connectivity index (χ1v) is 9.29. The number of aliphatic imine (C=N–C) groups is 1. The topological polar surface area (TPSA) is 118 Å². The van der Waals surface area contributed by atoms with Crippen molar-refractivity contribution in [3.8, 4) is 5.69 Å². The second-order valence-electron chi connectivity index (χ2n) is 7.19. The van der Waals surface area contributed by atoms with Gasteiger partial charge in [0.15, 0.2) is 5.96 Å². The van der Waals surface area contributed by atoms with Crippen LogP contribution in [0.5, 0.6) is 0 Å². The van der Waals surface area contributed by atoms with Gasteiger partial charge >= 0.3 is 6.03 Å². The van der Waals surface area contributed by atoms with E-state index in [-0.39, 0.29) is 23.9 Å². The molecule has 3 amide bonds. The number of carbonyl (C=O) groups excluding carboxylic acids is 2. The molecule has 1 fully saturated rings. The monoisotopic (exact) mass is 381 g/mol. The highest BCUT2D eigenvalue weighted by molar-refractivity contribution is 6.06. The van der Waals surface area contributed by atoms with Gasteiger partial charge in [-0.2, -0.15) is 5.10 Å². The molecule has 4 N–H and O–H groups in total. The smallest absolute Gasteiger partial charge is 0.317 e. The summed E-state index contributed by atoms with van der Waals surface area (Å²) in [6.45, 7) is 2.82. The number of para-hydroxylation sites is 1. The molecule has 1 aromatic carbocycles. The Bertz CT molecular complexity index is 913. The summed E-state index contributed by atoms with van der Waals surface area (Å²) in [5, 5.41) is 9.93. The predicted octanol–water partition coefficient (Wildman–Crippen LogP) is 0.922. The number of likely N-dealkylation sites (tertiary alicyclic amines) is 1. The minimum absolute atomic E-state index is 0.159. The number of piperidine rings is 1. The molecule has 9 nitrogen and oxygen atoms in total. The number of urea groups is 1. The molecular formula is C19H23N7O2. The number of carbonyl (C=O) groups is 2. The zero-order valence-electron chi connectivity index (χ0n) is 15.6. The van der Waals surface area contributed by atoms with Gasteiger partial charge < -0.3 is 16.0 Å². The number of guanidine groups is 1. The summed E-state index contributed by atoms with van der Waals surface area (Å²) in [6.07, 6.45) is 4.59. The van der Waals surface area contributed by atoms with Crippen molar-refractivity contribution in [2.45, 2.75) is 31.3 Å². The highest BCUT2D eigenvalue weighted by atomic mass is 16.2. The van der Waals surface area contributed by atoms with Crippen molar-refractivity contribution >= 4 is 17.9 Å². The van der Waals surface area contributed by atoms with E-state index < -0.39 is 5.54 Å². The summed E-state index contributed by atoms with van der Waals surface area (Å²) in [4.78, 5) is 30.7. The van der Waals surface area contributed by atoms with Crippen LogP contribution in [0.2, 0.25) is 0 Å². The van der Waals surface area contributed by atoms with Gasteiger partial charge in [-0.15, -0.1) is 0 Å². The maximum Gasteiger partial charge on any atom is 0.317 e. The highest BCUT2D eigenvalue weighted by Crippen LogP contribution is 2.29. The van der Waals surface area contributed by atoms with Crippen molar-refractivity contribution in [3.63, 3.8) is 0 Å². The average Bonchev–Trinajstić information content (AvgIpc) is 3.28. The van der Waals surface area contributed by atoms with E-state index in [1.54, 1.807) is 15.8 Å². The molecule has 146 valence electrons. The fourth-order valence-electron chi connectivity index (χ4n) is 3.60. The average molecular weight is 381 g/mol. The molecular weight excluding hydrogens is 358 g/mol. The molecule has 0 saturated carbocycles. The van der Waals surface area contributed by atoms with Crippen molar-refractivity contribution < 1.29 is 9.59 Å². The van der Waals surface area contributed by atoms with Crippen molar-refractivity contribution in [1.82, 2.24) is 25.3 Å². The van der Waals surface area contributed by atoms with E-state index in [1.807, 2.05) is 43.5 Å². The molecule has 1 saturated heterocycles. The van der Waals surface area contributed by atoms with Crippen molar-refractivity contribution in [1.29, 1.82) is 0 Å². The Labute approximate surface area is 162 Å². The van der Waals surface area contributed by atoms with Crippen LogP contribution in [0.15, 0.2) is 47.7 Å². The van der Waals surface area contributed by atoms with Crippen LogP contribution in [0.4, 0.5) is 4.79 Å². The van der Waals surface area contributed by atoms with Crippen molar-refractivity contribution in [2.24, 2.45) is 10.7 Å². The normalized spacial score (nSPS) is 19.2. The lowest BCUT2D eigenvalue weighted by atomic mass is 9.88. The lowest BCUT2D eigenvalue weighted by Gasteiger charge is -2.35. The van der Waals surface area contributed by atoms with Crippen LogP contribution in [0.3, 0.4) is 0 Å². The van der Waals surface area contributed by atoms with Gasteiger partial charge in [-0.05, 0) is 31.9 Å². The lowest BCUT2D eigenvalue weighted by molar-refractivity contribution is -0.125. The first-order chi connectivity index (χ1) is 13.5. The fraction of sp³-hybridized carbons (Fsp3) is 0.368. The minimum Gasteiger partial charge on any atom is -0.370 e. The molecule has 1 atom stereocenters. The number of nitrogens with zero attached hydrogens (tertiary/aromatic N) is 4. The molecule has 2 aliphatic heterocycles. The maximum absolute atomic E-state index is 12.6. The Balaban J connectivity index is 1.36. The molecule has 0 bridgehead atoms. The number of amides is 3. The van der Waals surface area contributed by atoms with Crippen molar-refractivity contribution in [3.05, 3.63) is 48.3 Å². The van der Waals surface area contributed by atoms with E-state index in [9.17, 15) is 9.59 Å². The number of aromatic nitrogens is 2. The van der Waals surface area contributed by atoms with E-state index in [2.05, 4.69) is 20.7 Å². The Kier molecular flexibility index (Phi) is 4.50. The van der Waals surface area contributed by atoms with Crippen LogP contribution in [0.25, 0.3) is 5.69 Å². The molecule has 0 radical (unpaired) electrons. The van der Waals surface area contributed by atoms with Gasteiger partial charge in [-0.3, -0.25) is 10.1 Å². The Morgan fingerprint density at radius 1 is 1.29 bits per heavy atom.